The number of rotatable bonds is 13. The van der Waals surface area contributed by atoms with Gasteiger partial charge in [0.15, 0.2) is 0 Å². The summed E-state index contributed by atoms with van der Waals surface area (Å²) >= 11 is 10.8. The third kappa shape index (κ3) is 21.6. The molecule has 0 aromatic heterocycles. The Kier molecular flexibility index (Phi) is 24.3. The highest BCUT2D eigenvalue weighted by Gasteiger charge is 2.42. The number of fused-ring (bicyclic) bond motifs is 2. The van der Waals surface area contributed by atoms with Crippen LogP contribution in [0.5, 0.6) is 0 Å². The lowest BCUT2D eigenvalue weighted by molar-refractivity contribution is -0.133. The van der Waals surface area contributed by atoms with E-state index < -0.39 is 12.1 Å². The summed E-state index contributed by atoms with van der Waals surface area (Å²) in [4.78, 5) is 49.3. The molecule has 2 aromatic carbocycles. The number of nitrogens with zero attached hydrogens (tertiary/aromatic N) is 1. The summed E-state index contributed by atoms with van der Waals surface area (Å²) in [7, 11) is 0. The number of likely N-dealkylation sites (tertiary alicyclic amines) is 1. The molecule has 2 aliphatic carbocycles. The molecule has 3 aliphatic heterocycles. The molecule has 3 heterocycles. The fourth-order valence-electron chi connectivity index (χ4n) is 10.1. The van der Waals surface area contributed by atoms with Gasteiger partial charge < -0.3 is 31.1 Å². The molecule has 7 rings (SSSR count). The summed E-state index contributed by atoms with van der Waals surface area (Å²) in [6.07, 6.45) is 13.6. The van der Waals surface area contributed by atoms with E-state index in [4.69, 9.17) is 16.3 Å². The molecule has 5 aliphatic rings. The van der Waals surface area contributed by atoms with Crippen molar-refractivity contribution in [3.63, 3.8) is 0 Å². The smallest absolute Gasteiger partial charge is 0.237 e. The largest absolute Gasteiger partial charge is 0.390 e. The average Bonchev–Trinajstić information content (AvgIpc) is 4.15. The van der Waals surface area contributed by atoms with Gasteiger partial charge in [0.1, 0.15) is 0 Å². The van der Waals surface area contributed by atoms with Crippen LogP contribution in [0.3, 0.4) is 0 Å². The fourth-order valence-corrected chi connectivity index (χ4v) is 10.3. The number of hydrogen-bond acceptors (Lipinski definition) is 8. The number of carbonyl (C=O) groups is 4. The number of β-amino-alcohol motifs (C(OH)–C–C–N with tert-alkyl or cyclic N) is 1. The molecule has 67 heavy (non-hydrogen) atoms. The topological polar surface area (TPSA) is 152 Å². The number of nitrogens with one attached hydrogen (secondary N) is 4. The van der Waals surface area contributed by atoms with E-state index in [-0.39, 0.29) is 56.8 Å². The molecule has 3 saturated heterocycles. The van der Waals surface area contributed by atoms with Crippen LogP contribution in [0.25, 0.3) is 0 Å². The Morgan fingerprint density at radius 2 is 1.25 bits per heavy atom. The normalized spacial score (nSPS) is 26.0. The van der Waals surface area contributed by atoms with Gasteiger partial charge in [-0.2, -0.15) is 0 Å². The summed E-state index contributed by atoms with van der Waals surface area (Å²) in [6.45, 7) is 17.6. The monoisotopic (exact) mass is 1080 g/mol. The predicted octanol–water partition coefficient (Wildman–Crippen LogP) is 8.75. The minimum absolute atomic E-state index is 0.0357. The molecule has 0 bridgehead atoms. The summed E-state index contributed by atoms with van der Waals surface area (Å²) in [5.74, 6) is 3.51. The first-order chi connectivity index (χ1) is 31.7. The second kappa shape index (κ2) is 28.5. The van der Waals surface area contributed by atoms with Crippen LogP contribution in [0.2, 0.25) is 0 Å². The van der Waals surface area contributed by atoms with Crippen molar-refractivity contribution < 1.29 is 29.0 Å². The molecule has 2 aromatic rings. The van der Waals surface area contributed by atoms with Gasteiger partial charge in [-0.05, 0) is 139 Å². The standard InChI is InChI=1S/C26H40BrN3O3.C14H26N2O.C11H14O.C2H2BrClO/c1-26(2,3)29-25(33)22-14-19-11-7-8-12-20(19)16-30(22)17-23(31)21(28-24(32)15-27)13-18-9-5-4-6-10-18;1-14(2,3)16-13(17)12-8-10-6-4-5-7-11(10)9-15-12;1-9(11-8-12-11)7-10-5-3-2-4-6-10;3-1-2(4)5/h4-6,9-10,19-23,31H,7-8,11-17H2,1-3H3,(H,28,32)(H,29,33);10-12,15H,4-9H2,1-3H3,(H,16,17);2-6,9,11H,7-8H2,1H3;1H2/t19-,20+,21-,22-,23+;10-,11+,12-;9-,11-;/m001./s1. The second-order valence-corrected chi connectivity index (χ2v) is 23.1. The van der Waals surface area contributed by atoms with Crippen LogP contribution in [0.1, 0.15) is 124 Å². The molecule has 11 nitrogen and oxygen atoms in total. The molecule has 10 atom stereocenters. The number of piperidine rings is 2. The number of carbonyl (C=O) groups excluding carboxylic acids is 4. The van der Waals surface area contributed by atoms with E-state index in [9.17, 15) is 24.3 Å². The van der Waals surface area contributed by atoms with Crippen LogP contribution < -0.4 is 21.3 Å². The van der Waals surface area contributed by atoms with E-state index in [1.807, 2.05) is 71.9 Å². The number of alkyl halides is 2. The first-order valence-corrected chi connectivity index (χ1v) is 27.5. The van der Waals surface area contributed by atoms with Gasteiger partial charge in [-0.25, -0.2) is 0 Å². The van der Waals surface area contributed by atoms with E-state index in [0.717, 1.165) is 56.4 Å². The lowest BCUT2D eigenvalue weighted by Gasteiger charge is -2.47. The molecular weight excluding hydrogens is 998 g/mol. The maximum Gasteiger partial charge on any atom is 0.237 e. The molecule has 0 spiro atoms. The average molecular weight is 1080 g/mol. The second-order valence-electron chi connectivity index (χ2n) is 21.6. The van der Waals surface area contributed by atoms with Gasteiger partial charge in [0.2, 0.25) is 23.0 Å². The summed E-state index contributed by atoms with van der Waals surface area (Å²) in [5, 5.41) is 24.0. The van der Waals surface area contributed by atoms with Crippen LogP contribution in [0, 0.1) is 29.6 Å². The van der Waals surface area contributed by atoms with Crippen LogP contribution in [0.4, 0.5) is 0 Å². The Morgan fingerprint density at radius 3 is 1.76 bits per heavy atom. The number of benzene rings is 2. The van der Waals surface area contributed by atoms with Crippen molar-refractivity contribution in [1.29, 1.82) is 0 Å². The zero-order valence-corrected chi connectivity index (χ0v) is 45.3. The van der Waals surface area contributed by atoms with Crippen molar-refractivity contribution in [2.75, 3.05) is 36.9 Å². The third-order valence-electron chi connectivity index (χ3n) is 13.5. The zero-order valence-electron chi connectivity index (χ0n) is 41.3. The molecule has 3 amide bonds. The Morgan fingerprint density at radius 1 is 0.761 bits per heavy atom. The zero-order chi connectivity index (χ0) is 49.1. The maximum atomic E-state index is 13.3. The number of hydrogen-bond donors (Lipinski definition) is 5. The summed E-state index contributed by atoms with van der Waals surface area (Å²) in [6, 6.07) is 19.9. The third-order valence-corrected chi connectivity index (χ3v) is 15.0. The van der Waals surface area contributed by atoms with Gasteiger partial charge >= 0.3 is 0 Å². The number of epoxide rings is 1. The van der Waals surface area contributed by atoms with Crippen LogP contribution >= 0.6 is 43.5 Å². The lowest BCUT2D eigenvalue weighted by Crippen LogP contribution is -2.60. The Hall–Kier alpha value is -2.39. The SMILES string of the molecule is CC(C)(C)NC(=O)[C@@H]1C[C@@H]2CCCC[C@@H]2CN1.CC(C)(C)NC(=O)[C@@H]1C[C@@H]2CCCC[C@@H]2CN1C[C@@H](O)[C@H](Cc1ccccc1)NC(=O)CBr.C[C@H](Cc1ccccc1)[C@H]1CO1.O=C(Cl)CBr. The number of halogens is 3. The van der Waals surface area contributed by atoms with E-state index in [1.54, 1.807) is 0 Å². The molecule has 5 fully saturated rings. The fraction of sp³-hybridized carbons (Fsp3) is 0.698. The molecule has 14 heteroatoms. The first-order valence-electron chi connectivity index (χ1n) is 24.8. The number of aliphatic hydroxyl groups is 1. The highest BCUT2D eigenvalue weighted by Crippen LogP contribution is 2.39. The van der Waals surface area contributed by atoms with Gasteiger partial charge in [-0.1, -0.05) is 138 Å². The van der Waals surface area contributed by atoms with E-state index in [1.165, 1.54) is 56.9 Å². The number of aliphatic hydroxyl groups excluding tert-OH is 1. The van der Waals surface area contributed by atoms with Gasteiger partial charge in [-0.15, -0.1) is 0 Å². The van der Waals surface area contributed by atoms with Crippen LogP contribution in [-0.2, 0) is 36.8 Å². The minimum atomic E-state index is -0.779. The molecule has 376 valence electrons. The Labute approximate surface area is 424 Å². The molecule has 5 N–H and O–H groups in total. The summed E-state index contributed by atoms with van der Waals surface area (Å²) in [5.41, 5.74) is 2.05. The first kappa shape index (κ1) is 57.2. The number of ether oxygens (including phenoxy) is 1. The van der Waals surface area contributed by atoms with Gasteiger partial charge in [0.05, 0.1) is 47.6 Å². The summed E-state index contributed by atoms with van der Waals surface area (Å²) < 4.78 is 5.24. The number of amides is 3. The van der Waals surface area contributed by atoms with Gasteiger partial charge in [-0.3, -0.25) is 24.1 Å². The molecule has 0 unspecified atom stereocenters. The van der Waals surface area contributed by atoms with E-state index in [0.29, 0.717) is 36.8 Å². The predicted molar refractivity (Wildman–Crippen MR) is 279 cm³/mol. The van der Waals surface area contributed by atoms with Crippen molar-refractivity contribution in [3.05, 3.63) is 71.8 Å². The van der Waals surface area contributed by atoms with Crippen molar-refractivity contribution in [1.82, 2.24) is 26.2 Å². The van der Waals surface area contributed by atoms with E-state index >= 15 is 0 Å². The van der Waals surface area contributed by atoms with Crippen molar-refractivity contribution in [2.45, 2.75) is 167 Å². The molecule has 0 radical (unpaired) electrons. The van der Waals surface area contributed by atoms with Crippen LogP contribution in [0.15, 0.2) is 60.7 Å². The molecular formula is C53H82Br2ClN5O6. The maximum absolute atomic E-state index is 13.3. The Bertz CT molecular complexity index is 1790. The highest BCUT2D eigenvalue weighted by molar-refractivity contribution is 9.09. The molecule has 2 saturated carbocycles. The van der Waals surface area contributed by atoms with Crippen molar-refractivity contribution in [3.8, 4) is 0 Å². The van der Waals surface area contributed by atoms with Gasteiger partial charge in [0.25, 0.3) is 0 Å². The van der Waals surface area contributed by atoms with Gasteiger partial charge in [0, 0.05) is 24.2 Å². The Balaban J connectivity index is 0.000000237. The highest BCUT2D eigenvalue weighted by atomic mass is 79.9. The quantitative estimate of drug-likeness (QED) is 0.0760. The van der Waals surface area contributed by atoms with Crippen LogP contribution in [-0.4, -0.2) is 111 Å². The van der Waals surface area contributed by atoms with Crippen molar-refractivity contribution in [2.24, 2.45) is 29.6 Å². The van der Waals surface area contributed by atoms with Crippen molar-refractivity contribution >= 4 is 66.4 Å². The van der Waals surface area contributed by atoms with E-state index in [2.05, 4.69) is 95.3 Å². The lowest BCUT2D eigenvalue weighted by atomic mass is 9.72. The minimum Gasteiger partial charge on any atom is -0.390 e.